The molecule has 0 N–H and O–H groups in total. The minimum absolute atomic E-state index is 0.760. The van der Waals surface area contributed by atoms with Crippen molar-refractivity contribution in [2.45, 2.75) is 12.8 Å². The zero-order chi connectivity index (χ0) is 19.2. The largest absolute Gasteiger partial charge is 0.497 e. The molecule has 3 aromatic rings. The van der Waals surface area contributed by atoms with E-state index in [-0.39, 0.29) is 0 Å². The van der Waals surface area contributed by atoms with Crippen molar-refractivity contribution in [2.24, 2.45) is 0 Å². The van der Waals surface area contributed by atoms with E-state index in [0.29, 0.717) is 0 Å². The Labute approximate surface area is 166 Å². The molecular weight excluding hydrogens is 352 g/mol. The quantitative estimate of drug-likeness (QED) is 0.561. The van der Waals surface area contributed by atoms with Crippen LogP contribution in [0.3, 0.4) is 0 Å². The van der Waals surface area contributed by atoms with Crippen molar-refractivity contribution in [1.82, 2.24) is 14.5 Å². The highest BCUT2D eigenvalue weighted by molar-refractivity contribution is 5.50. The van der Waals surface area contributed by atoms with Gasteiger partial charge in [0.25, 0.3) is 0 Å². The van der Waals surface area contributed by atoms with E-state index in [2.05, 4.69) is 27.0 Å². The first-order valence-corrected chi connectivity index (χ1v) is 9.99. The van der Waals surface area contributed by atoms with Gasteiger partial charge in [-0.2, -0.15) is 5.10 Å². The molecule has 0 unspecified atom stereocenters. The molecule has 0 amide bonds. The van der Waals surface area contributed by atoms with Gasteiger partial charge in [0.1, 0.15) is 11.5 Å². The van der Waals surface area contributed by atoms with Crippen LogP contribution in [0.15, 0.2) is 54.9 Å². The second kappa shape index (κ2) is 8.97. The van der Waals surface area contributed by atoms with Gasteiger partial charge in [0.2, 0.25) is 0 Å². The van der Waals surface area contributed by atoms with E-state index in [1.54, 1.807) is 13.3 Å². The van der Waals surface area contributed by atoms with Gasteiger partial charge < -0.3 is 14.4 Å². The highest BCUT2D eigenvalue weighted by Gasteiger charge is 2.16. The number of fused-ring (bicyclic) bond motifs is 1. The maximum Gasteiger partial charge on any atom is 0.122 e. The fraction of sp³-hybridized carbons (Fsp3) is 0.409. The number of hydrogen-bond acceptors (Lipinski definition) is 5. The van der Waals surface area contributed by atoms with Gasteiger partial charge in [-0.3, -0.25) is 4.90 Å². The average Bonchev–Trinajstić information content (AvgIpc) is 3.22. The molecule has 1 aliphatic rings. The summed E-state index contributed by atoms with van der Waals surface area (Å²) in [5, 5.41) is 4.20. The predicted octanol–water partition coefficient (Wildman–Crippen LogP) is 3.32. The lowest BCUT2D eigenvalue weighted by Gasteiger charge is -2.36. The summed E-state index contributed by atoms with van der Waals surface area (Å²) in [5.74, 6) is 1.83. The van der Waals surface area contributed by atoms with Crippen molar-refractivity contribution in [3.05, 3.63) is 54.9 Å². The summed E-state index contributed by atoms with van der Waals surface area (Å²) in [6, 6.07) is 14.3. The fourth-order valence-corrected chi connectivity index (χ4v) is 3.64. The van der Waals surface area contributed by atoms with E-state index in [1.807, 2.05) is 41.0 Å². The lowest BCUT2D eigenvalue weighted by atomic mass is 10.2. The highest BCUT2D eigenvalue weighted by Crippen LogP contribution is 2.20. The van der Waals surface area contributed by atoms with Gasteiger partial charge >= 0.3 is 0 Å². The van der Waals surface area contributed by atoms with Gasteiger partial charge in [-0.1, -0.05) is 0 Å². The lowest BCUT2D eigenvalue weighted by Crippen LogP contribution is -2.46. The Hall–Kier alpha value is -2.73. The molecule has 0 aliphatic carbocycles. The van der Waals surface area contributed by atoms with Gasteiger partial charge in [-0.15, -0.1) is 0 Å². The normalized spacial score (nSPS) is 15.1. The molecule has 0 saturated carbocycles. The SMILES string of the molecule is COc1ccc(N2CCN(CCCCOc3ccn4nccc4c3)CC2)cc1. The predicted molar refractivity (Wildman–Crippen MR) is 112 cm³/mol. The summed E-state index contributed by atoms with van der Waals surface area (Å²) in [6.07, 6.45) is 5.97. The number of rotatable bonds is 8. The summed E-state index contributed by atoms with van der Waals surface area (Å²) in [6.45, 7) is 6.29. The minimum atomic E-state index is 0.760. The third kappa shape index (κ3) is 4.57. The highest BCUT2D eigenvalue weighted by atomic mass is 16.5. The van der Waals surface area contributed by atoms with Crippen LogP contribution in [-0.2, 0) is 0 Å². The van der Waals surface area contributed by atoms with Crippen LogP contribution in [0, 0.1) is 0 Å². The Morgan fingerprint density at radius 2 is 1.75 bits per heavy atom. The smallest absolute Gasteiger partial charge is 0.122 e. The van der Waals surface area contributed by atoms with Crippen LogP contribution in [0.4, 0.5) is 5.69 Å². The first-order chi connectivity index (χ1) is 13.8. The van der Waals surface area contributed by atoms with Gasteiger partial charge in [-0.05, 0) is 55.8 Å². The molecular formula is C22H28N4O2. The molecule has 0 bridgehead atoms. The number of unbranched alkanes of at least 4 members (excludes halogenated alkanes) is 1. The standard InChI is InChI=1S/C22H28N4O2/c1-27-21-6-4-19(5-7-21)25-15-13-24(14-16-25)11-2-3-17-28-22-9-12-26-20(18-22)8-10-23-26/h4-10,12,18H,2-3,11,13-17H2,1H3. The molecule has 1 saturated heterocycles. The number of piperazine rings is 1. The summed E-state index contributed by atoms with van der Waals surface area (Å²) in [4.78, 5) is 5.00. The van der Waals surface area contributed by atoms with Crippen LogP contribution in [0.25, 0.3) is 5.52 Å². The van der Waals surface area contributed by atoms with Crippen LogP contribution >= 0.6 is 0 Å². The van der Waals surface area contributed by atoms with Crippen LogP contribution < -0.4 is 14.4 Å². The second-order valence-electron chi connectivity index (χ2n) is 7.15. The summed E-state index contributed by atoms with van der Waals surface area (Å²) in [5.41, 5.74) is 2.34. The molecule has 148 valence electrons. The molecule has 3 heterocycles. The van der Waals surface area contributed by atoms with E-state index in [4.69, 9.17) is 9.47 Å². The Bertz CT molecular complexity index is 870. The number of hydrogen-bond donors (Lipinski definition) is 0. The molecule has 2 aromatic heterocycles. The monoisotopic (exact) mass is 380 g/mol. The summed E-state index contributed by atoms with van der Waals surface area (Å²) < 4.78 is 13.0. The van der Waals surface area contributed by atoms with Gasteiger partial charge in [0.05, 0.1) is 19.2 Å². The fourth-order valence-electron chi connectivity index (χ4n) is 3.64. The first-order valence-electron chi connectivity index (χ1n) is 9.99. The lowest BCUT2D eigenvalue weighted by molar-refractivity contribution is 0.238. The summed E-state index contributed by atoms with van der Waals surface area (Å²) >= 11 is 0. The zero-order valence-corrected chi connectivity index (χ0v) is 16.5. The number of aromatic nitrogens is 2. The van der Waals surface area contributed by atoms with E-state index in [0.717, 1.165) is 69.2 Å². The third-order valence-electron chi connectivity index (χ3n) is 5.32. The zero-order valence-electron chi connectivity index (χ0n) is 16.5. The van der Waals surface area contributed by atoms with Crippen LogP contribution in [0.2, 0.25) is 0 Å². The minimum Gasteiger partial charge on any atom is -0.497 e. The number of anilines is 1. The molecule has 0 radical (unpaired) electrons. The van der Waals surface area contributed by atoms with Gasteiger partial charge in [0, 0.05) is 50.3 Å². The maximum atomic E-state index is 5.89. The number of pyridine rings is 1. The first kappa shape index (κ1) is 18.6. The van der Waals surface area contributed by atoms with Crippen molar-refractivity contribution >= 4 is 11.2 Å². The van der Waals surface area contributed by atoms with Crippen molar-refractivity contribution in [1.29, 1.82) is 0 Å². The third-order valence-corrected chi connectivity index (χ3v) is 5.32. The van der Waals surface area contributed by atoms with Gasteiger partial charge in [0.15, 0.2) is 0 Å². The molecule has 6 heteroatoms. The van der Waals surface area contributed by atoms with E-state index < -0.39 is 0 Å². The molecule has 0 atom stereocenters. The molecule has 28 heavy (non-hydrogen) atoms. The molecule has 0 spiro atoms. The Morgan fingerprint density at radius 3 is 2.54 bits per heavy atom. The number of benzene rings is 1. The van der Waals surface area contributed by atoms with Gasteiger partial charge in [-0.25, -0.2) is 4.52 Å². The number of nitrogens with zero attached hydrogens (tertiary/aromatic N) is 4. The van der Waals surface area contributed by atoms with Crippen molar-refractivity contribution < 1.29 is 9.47 Å². The van der Waals surface area contributed by atoms with E-state index in [9.17, 15) is 0 Å². The number of methoxy groups -OCH3 is 1. The van der Waals surface area contributed by atoms with E-state index in [1.165, 1.54) is 5.69 Å². The van der Waals surface area contributed by atoms with Crippen LogP contribution in [0.5, 0.6) is 11.5 Å². The molecule has 4 rings (SSSR count). The number of ether oxygens (including phenoxy) is 2. The Balaban J connectivity index is 1.13. The summed E-state index contributed by atoms with van der Waals surface area (Å²) in [7, 11) is 1.71. The van der Waals surface area contributed by atoms with Crippen molar-refractivity contribution in [3.8, 4) is 11.5 Å². The molecule has 1 aromatic carbocycles. The molecule has 6 nitrogen and oxygen atoms in total. The van der Waals surface area contributed by atoms with Crippen molar-refractivity contribution in [2.75, 3.05) is 51.3 Å². The Morgan fingerprint density at radius 1 is 0.929 bits per heavy atom. The molecule has 1 fully saturated rings. The molecule has 1 aliphatic heterocycles. The Kier molecular flexibility index (Phi) is 5.97. The average molecular weight is 380 g/mol. The van der Waals surface area contributed by atoms with Crippen LogP contribution in [-0.4, -0.2) is 61.0 Å². The maximum absolute atomic E-state index is 5.89. The topological polar surface area (TPSA) is 42.2 Å². The van der Waals surface area contributed by atoms with Crippen LogP contribution in [0.1, 0.15) is 12.8 Å². The van der Waals surface area contributed by atoms with Crippen molar-refractivity contribution in [3.63, 3.8) is 0 Å². The van der Waals surface area contributed by atoms with E-state index >= 15 is 0 Å². The second-order valence-corrected chi connectivity index (χ2v) is 7.15.